The molecule has 4 rings (SSSR count). The summed E-state index contributed by atoms with van der Waals surface area (Å²) in [6.45, 7) is 2.24. The molecule has 2 N–H and O–H groups in total. The van der Waals surface area contributed by atoms with Gasteiger partial charge in [0, 0.05) is 45.2 Å². The molecule has 130 valence electrons. The molecule has 0 saturated carbocycles. The predicted octanol–water partition coefficient (Wildman–Crippen LogP) is 4.21. The van der Waals surface area contributed by atoms with Crippen molar-refractivity contribution in [3.8, 4) is 0 Å². The van der Waals surface area contributed by atoms with Crippen LogP contribution in [0.4, 0.5) is 5.69 Å². The Morgan fingerprint density at radius 3 is 2.73 bits per heavy atom. The van der Waals surface area contributed by atoms with Gasteiger partial charge in [-0.05, 0) is 55.0 Å². The van der Waals surface area contributed by atoms with Gasteiger partial charge in [0.15, 0.2) is 0 Å². The average Bonchev–Trinajstić information content (AvgIpc) is 2.61. The van der Waals surface area contributed by atoms with Crippen molar-refractivity contribution in [2.24, 2.45) is 0 Å². The lowest BCUT2D eigenvalue weighted by Crippen LogP contribution is -2.15. The number of aromatic nitrogens is 1. The minimum absolute atomic E-state index is 0.143. The monoisotopic (exact) mass is 366 g/mol. The molecule has 6 heteroatoms. The minimum atomic E-state index is -0.373. The summed E-state index contributed by atoms with van der Waals surface area (Å²) >= 11 is 6.03. The quantitative estimate of drug-likeness (QED) is 0.533. The lowest BCUT2D eigenvalue weighted by molar-refractivity contribution is 0.559. The molecule has 0 saturated heterocycles. The highest BCUT2D eigenvalue weighted by Gasteiger charge is 2.07. The van der Waals surface area contributed by atoms with Crippen LogP contribution < -0.4 is 16.5 Å². The maximum Gasteiger partial charge on any atom is 0.336 e. The highest BCUT2D eigenvalue weighted by atomic mass is 35.5. The van der Waals surface area contributed by atoms with Gasteiger partial charge in [-0.1, -0.05) is 11.6 Å². The van der Waals surface area contributed by atoms with Crippen LogP contribution in [-0.4, -0.2) is 4.98 Å². The molecule has 5 nitrogen and oxygen atoms in total. The van der Waals surface area contributed by atoms with Gasteiger partial charge in [-0.25, -0.2) is 4.79 Å². The molecule has 2 aromatic heterocycles. The Kier molecular flexibility index (Phi) is 4.01. The van der Waals surface area contributed by atoms with E-state index in [1.54, 1.807) is 18.2 Å². The van der Waals surface area contributed by atoms with Crippen LogP contribution in [0.1, 0.15) is 11.1 Å². The normalized spacial score (nSPS) is 11.2. The van der Waals surface area contributed by atoms with E-state index < -0.39 is 0 Å². The van der Waals surface area contributed by atoms with Crippen LogP contribution in [0, 0.1) is 6.92 Å². The molecule has 0 spiro atoms. The fraction of sp³-hybridized carbons (Fsp3) is 0.100. The van der Waals surface area contributed by atoms with Gasteiger partial charge < -0.3 is 14.7 Å². The molecule has 0 atom stereocenters. The number of anilines is 1. The van der Waals surface area contributed by atoms with Gasteiger partial charge >= 0.3 is 5.63 Å². The molecule has 26 heavy (non-hydrogen) atoms. The third-order valence-corrected chi connectivity index (χ3v) is 4.51. The first-order valence-electron chi connectivity index (χ1n) is 8.09. The van der Waals surface area contributed by atoms with Gasteiger partial charge in [-0.15, -0.1) is 0 Å². The second-order valence-electron chi connectivity index (χ2n) is 6.17. The first-order chi connectivity index (χ1) is 12.5. The lowest BCUT2D eigenvalue weighted by Gasteiger charge is -2.10. The number of benzene rings is 2. The standard InChI is InChI=1S/C20H15ClN2O3/c1-11-6-16(9-12-2-5-18(24)26-19(11)12)22-10-14-7-13-8-15(21)3-4-17(13)23-20(14)25/h2-9,22H,10H2,1H3,(H,23,25). The number of rotatable bonds is 3. The number of hydrogen-bond donors (Lipinski definition) is 2. The first kappa shape index (κ1) is 16.4. The van der Waals surface area contributed by atoms with Crippen molar-refractivity contribution < 1.29 is 4.42 Å². The maximum absolute atomic E-state index is 12.3. The number of fused-ring (bicyclic) bond motifs is 2. The van der Waals surface area contributed by atoms with Gasteiger partial charge in [-0.2, -0.15) is 0 Å². The summed E-state index contributed by atoms with van der Waals surface area (Å²) in [6, 6.07) is 14.1. The molecule has 2 aromatic carbocycles. The number of pyridine rings is 1. The first-order valence-corrected chi connectivity index (χ1v) is 8.47. The van der Waals surface area contributed by atoms with Crippen molar-refractivity contribution in [1.82, 2.24) is 4.98 Å². The molecule has 0 amide bonds. The molecule has 0 aliphatic carbocycles. The number of aryl methyl sites for hydroxylation is 1. The molecule has 2 heterocycles. The van der Waals surface area contributed by atoms with E-state index in [0.717, 1.165) is 27.5 Å². The number of nitrogens with one attached hydrogen (secondary N) is 2. The molecule has 0 unspecified atom stereocenters. The van der Waals surface area contributed by atoms with E-state index in [9.17, 15) is 9.59 Å². The van der Waals surface area contributed by atoms with E-state index in [-0.39, 0.29) is 11.2 Å². The second-order valence-corrected chi connectivity index (χ2v) is 6.61. The summed E-state index contributed by atoms with van der Waals surface area (Å²) < 4.78 is 5.24. The number of aromatic amines is 1. The molecular weight excluding hydrogens is 352 g/mol. The van der Waals surface area contributed by atoms with E-state index >= 15 is 0 Å². The van der Waals surface area contributed by atoms with E-state index in [4.69, 9.17) is 16.0 Å². The topological polar surface area (TPSA) is 75.1 Å². The van der Waals surface area contributed by atoms with Crippen molar-refractivity contribution in [2.45, 2.75) is 13.5 Å². The van der Waals surface area contributed by atoms with Crippen LogP contribution in [-0.2, 0) is 6.54 Å². The van der Waals surface area contributed by atoms with Crippen LogP contribution in [0.3, 0.4) is 0 Å². The molecule has 0 fully saturated rings. The highest BCUT2D eigenvalue weighted by molar-refractivity contribution is 6.31. The summed E-state index contributed by atoms with van der Waals surface area (Å²) in [6.07, 6.45) is 0. The fourth-order valence-corrected chi connectivity index (χ4v) is 3.19. The highest BCUT2D eigenvalue weighted by Crippen LogP contribution is 2.23. The number of halogens is 1. The lowest BCUT2D eigenvalue weighted by atomic mass is 10.1. The zero-order valence-corrected chi connectivity index (χ0v) is 14.7. The Morgan fingerprint density at radius 1 is 1.04 bits per heavy atom. The average molecular weight is 367 g/mol. The van der Waals surface area contributed by atoms with E-state index in [2.05, 4.69) is 10.3 Å². The Morgan fingerprint density at radius 2 is 1.88 bits per heavy atom. The summed E-state index contributed by atoms with van der Waals surface area (Å²) in [5, 5.41) is 5.58. The summed E-state index contributed by atoms with van der Waals surface area (Å²) in [7, 11) is 0. The van der Waals surface area contributed by atoms with Crippen molar-refractivity contribution in [1.29, 1.82) is 0 Å². The molecule has 0 aliphatic rings. The maximum atomic E-state index is 12.3. The smallest absolute Gasteiger partial charge is 0.336 e. The molecule has 0 bridgehead atoms. The van der Waals surface area contributed by atoms with Crippen LogP contribution in [0.15, 0.2) is 62.5 Å². The summed E-state index contributed by atoms with van der Waals surface area (Å²) in [5.41, 5.74) is 3.10. The van der Waals surface area contributed by atoms with Crippen molar-refractivity contribution >= 4 is 39.2 Å². The largest absolute Gasteiger partial charge is 0.422 e. The Hall–Kier alpha value is -3.05. The van der Waals surface area contributed by atoms with E-state index in [1.807, 2.05) is 31.2 Å². The Balaban J connectivity index is 1.66. The van der Waals surface area contributed by atoms with Gasteiger partial charge in [0.25, 0.3) is 5.56 Å². The molecule has 0 radical (unpaired) electrons. The minimum Gasteiger partial charge on any atom is -0.422 e. The van der Waals surface area contributed by atoms with Gasteiger partial charge in [0.1, 0.15) is 5.58 Å². The third-order valence-electron chi connectivity index (χ3n) is 4.27. The Bertz CT molecular complexity index is 1260. The van der Waals surface area contributed by atoms with Gasteiger partial charge in [0.2, 0.25) is 0 Å². The van der Waals surface area contributed by atoms with Crippen LogP contribution in [0.5, 0.6) is 0 Å². The summed E-state index contributed by atoms with van der Waals surface area (Å²) in [5.74, 6) is 0. The van der Waals surface area contributed by atoms with Crippen LogP contribution in [0.25, 0.3) is 21.9 Å². The SMILES string of the molecule is Cc1cc(NCc2cc3cc(Cl)ccc3[nH]c2=O)cc2ccc(=O)oc12. The van der Waals surface area contributed by atoms with Crippen LogP contribution >= 0.6 is 11.6 Å². The predicted molar refractivity (Wildman–Crippen MR) is 104 cm³/mol. The Labute approximate surface area is 153 Å². The van der Waals surface area contributed by atoms with Gasteiger partial charge in [-0.3, -0.25) is 4.79 Å². The van der Waals surface area contributed by atoms with Crippen molar-refractivity contribution in [3.63, 3.8) is 0 Å². The molecular formula is C20H15ClN2O3. The molecule has 4 aromatic rings. The molecule has 0 aliphatic heterocycles. The van der Waals surface area contributed by atoms with Crippen LogP contribution in [0.2, 0.25) is 5.02 Å². The van der Waals surface area contributed by atoms with E-state index in [0.29, 0.717) is 22.7 Å². The zero-order chi connectivity index (χ0) is 18.3. The fourth-order valence-electron chi connectivity index (χ4n) is 3.01. The third kappa shape index (κ3) is 3.09. The van der Waals surface area contributed by atoms with Gasteiger partial charge in [0.05, 0.1) is 0 Å². The number of hydrogen-bond acceptors (Lipinski definition) is 4. The van der Waals surface area contributed by atoms with Crippen molar-refractivity contribution in [3.05, 3.63) is 85.5 Å². The number of H-pyrrole nitrogens is 1. The van der Waals surface area contributed by atoms with E-state index in [1.165, 1.54) is 6.07 Å². The van der Waals surface area contributed by atoms with Crippen molar-refractivity contribution in [2.75, 3.05) is 5.32 Å². The summed E-state index contributed by atoms with van der Waals surface area (Å²) in [4.78, 5) is 26.5. The zero-order valence-electron chi connectivity index (χ0n) is 13.9. The second kappa shape index (κ2) is 6.35.